The van der Waals surface area contributed by atoms with Gasteiger partial charge in [-0.3, -0.25) is 9.79 Å². The first-order valence-electron chi connectivity index (χ1n) is 9.63. The Bertz CT molecular complexity index is 767. The lowest BCUT2D eigenvalue weighted by Gasteiger charge is -2.36. The second-order valence-electron chi connectivity index (χ2n) is 6.29. The van der Waals surface area contributed by atoms with Gasteiger partial charge in [-0.15, -0.1) is 0 Å². The van der Waals surface area contributed by atoms with Crippen molar-refractivity contribution in [3.05, 3.63) is 30.0 Å². The van der Waals surface area contributed by atoms with Gasteiger partial charge in [0.25, 0.3) is 5.91 Å². The molecule has 2 aromatic rings. The molecule has 28 heavy (non-hydrogen) atoms. The van der Waals surface area contributed by atoms with Gasteiger partial charge in [-0.05, 0) is 19.1 Å². The fraction of sp³-hybridized carbons (Fsp3) is 0.556. The van der Waals surface area contributed by atoms with Crippen LogP contribution in [0, 0.1) is 0 Å². The molecule has 0 atom stereocenters. The molecule has 1 amide bonds. The summed E-state index contributed by atoms with van der Waals surface area (Å²) < 4.78 is 9.45. The van der Waals surface area contributed by atoms with Gasteiger partial charge in [-0.2, -0.15) is 4.37 Å². The lowest BCUT2D eigenvalue weighted by molar-refractivity contribution is 0.0927. The highest BCUT2D eigenvalue weighted by atomic mass is 32.1. The number of carbonyl (C=O) groups excluding carboxylic acids is 1. The number of carbonyl (C=O) groups is 1. The number of amides is 1. The van der Waals surface area contributed by atoms with Gasteiger partial charge in [-0.25, -0.2) is 4.98 Å². The summed E-state index contributed by atoms with van der Waals surface area (Å²) in [7, 11) is 0. The average molecular weight is 406 g/mol. The smallest absolute Gasteiger partial charge is 0.287 e. The van der Waals surface area contributed by atoms with Crippen molar-refractivity contribution in [3.63, 3.8) is 0 Å². The predicted octanol–water partition coefficient (Wildman–Crippen LogP) is 1.21. The summed E-state index contributed by atoms with van der Waals surface area (Å²) >= 11 is 1.47. The molecule has 1 fully saturated rings. The Morgan fingerprint density at radius 3 is 2.75 bits per heavy atom. The zero-order valence-electron chi connectivity index (χ0n) is 16.3. The molecule has 1 saturated heterocycles. The number of anilines is 1. The van der Waals surface area contributed by atoms with E-state index in [9.17, 15) is 4.79 Å². The molecule has 2 aromatic heterocycles. The number of hydrogen-bond donors (Lipinski definition) is 2. The van der Waals surface area contributed by atoms with Crippen molar-refractivity contribution in [3.8, 4) is 0 Å². The number of hydrogen-bond acceptors (Lipinski definition) is 7. The molecular weight excluding hydrogens is 378 g/mol. The summed E-state index contributed by atoms with van der Waals surface area (Å²) in [5.74, 6) is 1.88. The number of piperazine rings is 1. The molecule has 9 nitrogen and oxygen atoms in total. The van der Waals surface area contributed by atoms with Gasteiger partial charge in [-0.1, -0.05) is 6.92 Å². The second kappa shape index (κ2) is 10.1. The number of furan rings is 1. The molecule has 2 N–H and O–H groups in total. The van der Waals surface area contributed by atoms with Gasteiger partial charge in [0.2, 0.25) is 5.13 Å². The first-order valence-corrected chi connectivity index (χ1v) is 10.4. The molecule has 0 saturated carbocycles. The maximum Gasteiger partial charge on any atom is 0.287 e. The van der Waals surface area contributed by atoms with Crippen LogP contribution < -0.4 is 15.5 Å². The summed E-state index contributed by atoms with van der Waals surface area (Å²) in [4.78, 5) is 25.6. The van der Waals surface area contributed by atoms with Gasteiger partial charge in [0.15, 0.2) is 11.7 Å². The topological polar surface area (TPSA) is 98.9 Å². The van der Waals surface area contributed by atoms with Crippen molar-refractivity contribution in [1.29, 1.82) is 0 Å². The van der Waals surface area contributed by atoms with Crippen molar-refractivity contribution in [2.75, 3.05) is 50.7 Å². The average Bonchev–Trinajstić information content (AvgIpc) is 3.42. The lowest BCUT2D eigenvalue weighted by atomic mass is 10.3. The first kappa shape index (κ1) is 20.1. The Morgan fingerprint density at radius 2 is 2.11 bits per heavy atom. The molecule has 3 rings (SSSR count). The van der Waals surface area contributed by atoms with E-state index in [1.54, 1.807) is 12.1 Å². The molecule has 0 aliphatic carbocycles. The van der Waals surface area contributed by atoms with Gasteiger partial charge < -0.3 is 24.9 Å². The zero-order valence-corrected chi connectivity index (χ0v) is 17.2. The van der Waals surface area contributed by atoms with Gasteiger partial charge in [0.05, 0.1) is 12.8 Å². The quantitative estimate of drug-likeness (QED) is 0.406. The molecule has 0 radical (unpaired) electrons. The van der Waals surface area contributed by atoms with Crippen molar-refractivity contribution in [2.24, 2.45) is 4.99 Å². The summed E-state index contributed by atoms with van der Waals surface area (Å²) in [6.45, 7) is 9.39. The van der Waals surface area contributed by atoms with E-state index in [0.717, 1.165) is 56.1 Å². The SMILES string of the molecule is CCNC(=NCCNC(=O)c1ccco1)N1CCN(c2nc(CC)ns2)CC1. The van der Waals surface area contributed by atoms with Crippen LogP contribution in [0.5, 0.6) is 0 Å². The van der Waals surface area contributed by atoms with Crippen LogP contribution in [0.4, 0.5) is 5.13 Å². The van der Waals surface area contributed by atoms with Crippen LogP contribution in [0.25, 0.3) is 0 Å². The maximum absolute atomic E-state index is 11.9. The number of guanidine groups is 1. The highest BCUT2D eigenvalue weighted by molar-refractivity contribution is 7.09. The van der Waals surface area contributed by atoms with Crippen LogP contribution in [-0.4, -0.2) is 71.9 Å². The van der Waals surface area contributed by atoms with E-state index in [1.165, 1.54) is 17.8 Å². The molecule has 152 valence electrons. The highest BCUT2D eigenvalue weighted by Gasteiger charge is 2.22. The van der Waals surface area contributed by atoms with Crippen LogP contribution in [0.15, 0.2) is 27.8 Å². The van der Waals surface area contributed by atoms with Gasteiger partial charge in [0.1, 0.15) is 5.82 Å². The Morgan fingerprint density at radius 1 is 1.29 bits per heavy atom. The van der Waals surface area contributed by atoms with Crippen LogP contribution in [0.2, 0.25) is 0 Å². The monoisotopic (exact) mass is 405 g/mol. The molecule has 0 aromatic carbocycles. The largest absolute Gasteiger partial charge is 0.459 e. The zero-order chi connectivity index (χ0) is 19.8. The third-order valence-electron chi connectivity index (χ3n) is 4.36. The molecule has 1 aliphatic rings. The number of rotatable bonds is 7. The molecule has 0 unspecified atom stereocenters. The number of nitrogens with zero attached hydrogens (tertiary/aromatic N) is 5. The van der Waals surface area contributed by atoms with Crippen LogP contribution in [-0.2, 0) is 6.42 Å². The molecule has 3 heterocycles. The molecule has 0 bridgehead atoms. The number of nitrogens with one attached hydrogen (secondary N) is 2. The third kappa shape index (κ3) is 5.22. The fourth-order valence-electron chi connectivity index (χ4n) is 2.88. The normalized spacial score (nSPS) is 15.0. The standard InChI is InChI=1S/C18H27N7O2S/c1-3-15-22-18(28-23-15)25-11-9-24(10-12-25)17(19-4-2)21-8-7-20-16(26)14-6-5-13-27-14/h5-6,13H,3-4,7-12H2,1-2H3,(H,19,21)(H,20,26). The highest BCUT2D eigenvalue weighted by Crippen LogP contribution is 2.19. The second-order valence-corrected chi connectivity index (χ2v) is 7.02. The Balaban J connectivity index is 1.48. The predicted molar refractivity (Wildman–Crippen MR) is 110 cm³/mol. The fourth-order valence-corrected chi connectivity index (χ4v) is 3.68. The summed E-state index contributed by atoms with van der Waals surface area (Å²) in [6.07, 6.45) is 2.35. The van der Waals surface area contributed by atoms with E-state index in [0.29, 0.717) is 18.8 Å². The summed E-state index contributed by atoms with van der Waals surface area (Å²) in [6, 6.07) is 3.34. The van der Waals surface area contributed by atoms with E-state index in [4.69, 9.17) is 4.42 Å². The van der Waals surface area contributed by atoms with Crippen molar-refractivity contribution in [1.82, 2.24) is 24.9 Å². The minimum atomic E-state index is -0.220. The van der Waals surface area contributed by atoms with Crippen LogP contribution >= 0.6 is 11.5 Å². The molecule has 0 spiro atoms. The van der Waals surface area contributed by atoms with Crippen molar-refractivity contribution in [2.45, 2.75) is 20.3 Å². The van der Waals surface area contributed by atoms with E-state index < -0.39 is 0 Å². The summed E-state index contributed by atoms with van der Waals surface area (Å²) in [5.41, 5.74) is 0. The number of aryl methyl sites for hydroxylation is 1. The first-order chi connectivity index (χ1) is 13.7. The van der Waals surface area contributed by atoms with Crippen molar-refractivity contribution < 1.29 is 9.21 Å². The van der Waals surface area contributed by atoms with E-state index in [-0.39, 0.29) is 5.91 Å². The van der Waals surface area contributed by atoms with Crippen molar-refractivity contribution >= 4 is 28.5 Å². The van der Waals surface area contributed by atoms with E-state index in [2.05, 4.69) is 48.6 Å². The van der Waals surface area contributed by atoms with E-state index >= 15 is 0 Å². The number of aromatic nitrogens is 2. The Kier molecular flexibility index (Phi) is 7.24. The Labute approximate surface area is 169 Å². The minimum Gasteiger partial charge on any atom is -0.459 e. The van der Waals surface area contributed by atoms with Crippen LogP contribution in [0.1, 0.15) is 30.2 Å². The maximum atomic E-state index is 11.9. The summed E-state index contributed by atoms with van der Waals surface area (Å²) in [5, 5.41) is 7.15. The molecule has 10 heteroatoms. The van der Waals surface area contributed by atoms with Gasteiger partial charge in [0, 0.05) is 57.2 Å². The Hall–Kier alpha value is -2.62. The van der Waals surface area contributed by atoms with E-state index in [1.807, 2.05) is 0 Å². The molecule has 1 aliphatic heterocycles. The number of aliphatic imine (C=N–C) groups is 1. The molecular formula is C18H27N7O2S. The third-order valence-corrected chi connectivity index (χ3v) is 5.18. The lowest BCUT2D eigenvalue weighted by Crippen LogP contribution is -2.52. The van der Waals surface area contributed by atoms with Gasteiger partial charge >= 0.3 is 0 Å². The van der Waals surface area contributed by atoms with Crippen LogP contribution in [0.3, 0.4) is 0 Å². The minimum absolute atomic E-state index is 0.220.